The van der Waals surface area contributed by atoms with Crippen LogP contribution in [0.5, 0.6) is 0 Å². The highest BCUT2D eigenvalue weighted by Gasteiger charge is 2.28. The zero-order valence-corrected chi connectivity index (χ0v) is 11.3. The van der Waals surface area contributed by atoms with E-state index in [1.165, 1.54) is 12.5 Å². The van der Waals surface area contributed by atoms with Gasteiger partial charge in [0.25, 0.3) is 0 Å². The first-order valence-corrected chi connectivity index (χ1v) is 6.99. The Hall–Kier alpha value is -1.13. The monoisotopic (exact) mass is 267 g/mol. The van der Waals surface area contributed by atoms with E-state index in [4.69, 9.17) is 5.11 Å². The third-order valence-corrected chi connectivity index (χ3v) is 3.83. The molecule has 0 spiro atoms. The van der Waals surface area contributed by atoms with Crippen LogP contribution < -0.4 is 4.90 Å². The molecule has 0 bridgehead atoms. The number of hydrogen-bond acceptors (Lipinski definition) is 3. The summed E-state index contributed by atoms with van der Waals surface area (Å²) in [5.41, 5.74) is 1.14. The molecule has 19 heavy (non-hydrogen) atoms. The first kappa shape index (κ1) is 14.3. The number of para-hydroxylation sites is 1. The summed E-state index contributed by atoms with van der Waals surface area (Å²) in [7, 11) is 0. The van der Waals surface area contributed by atoms with Crippen LogP contribution in [0.4, 0.5) is 10.1 Å². The number of halogens is 1. The van der Waals surface area contributed by atoms with Crippen LogP contribution in [-0.2, 0) is 0 Å². The Morgan fingerprint density at radius 1 is 1.42 bits per heavy atom. The smallest absolute Gasteiger partial charge is 0.146 e. The van der Waals surface area contributed by atoms with E-state index in [0.717, 1.165) is 12.8 Å². The average Bonchev–Trinajstić information content (AvgIpc) is 2.32. The molecule has 1 aliphatic carbocycles. The van der Waals surface area contributed by atoms with Crippen LogP contribution in [0.3, 0.4) is 0 Å². The Kier molecular flexibility index (Phi) is 4.77. The van der Waals surface area contributed by atoms with Gasteiger partial charge in [-0.2, -0.15) is 0 Å². The molecule has 1 aromatic rings. The molecule has 0 amide bonds. The zero-order valence-electron chi connectivity index (χ0n) is 11.3. The lowest BCUT2D eigenvalue weighted by molar-refractivity contribution is 0.198. The summed E-state index contributed by atoms with van der Waals surface area (Å²) in [6.07, 6.45) is 3.20. The Morgan fingerprint density at radius 3 is 2.68 bits per heavy atom. The molecule has 4 heteroatoms. The van der Waals surface area contributed by atoms with Crippen molar-refractivity contribution < 1.29 is 14.6 Å². The average molecular weight is 267 g/mol. The summed E-state index contributed by atoms with van der Waals surface area (Å²) in [5, 5.41) is 18.8. The van der Waals surface area contributed by atoms with Crippen molar-refractivity contribution >= 4 is 5.69 Å². The Morgan fingerprint density at radius 2 is 2.16 bits per heavy atom. The number of aliphatic hydroxyl groups is 2. The fourth-order valence-corrected chi connectivity index (χ4v) is 2.59. The van der Waals surface area contributed by atoms with Crippen LogP contribution in [0.2, 0.25) is 0 Å². The zero-order chi connectivity index (χ0) is 13.8. The van der Waals surface area contributed by atoms with Gasteiger partial charge >= 0.3 is 0 Å². The first-order valence-electron chi connectivity index (χ1n) is 6.99. The highest BCUT2D eigenvalue weighted by molar-refractivity contribution is 5.57. The second-order valence-corrected chi connectivity index (χ2v) is 5.21. The van der Waals surface area contributed by atoms with Crippen LogP contribution in [0, 0.1) is 5.82 Å². The van der Waals surface area contributed by atoms with E-state index in [1.807, 2.05) is 4.90 Å². The molecule has 1 aliphatic rings. The highest BCUT2D eigenvalue weighted by atomic mass is 19.1. The summed E-state index contributed by atoms with van der Waals surface area (Å²) in [6.45, 7) is 2.38. The maximum atomic E-state index is 14.2. The second-order valence-electron chi connectivity index (χ2n) is 5.21. The quantitative estimate of drug-likeness (QED) is 0.832. The van der Waals surface area contributed by atoms with Crippen LogP contribution in [0.25, 0.3) is 0 Å². The number of benzene rings is 1. The Balaban J connectivity index is 2.33. The molecule has 1 fully saturated rings. The Labute approximate surface area is 113 Å². The standard InChI is InChI=1S/C15H22FNO2/c1-11(19)13-7-3-8-14(16)15(13)17(9-4-10-18)12-5-2-6-12/h3,7-8,11-12,18-19H,2,4-6,9-10H2,1H3/t11-/m0/s1. The minimum absolute atomic E-state index is 0.0989. The maximum Gasteiger partial charge on any atom is 0.146 e. The van der Waals surface area contributed by atoms with Gasteiger partial charge in [-0.15, -0.1) is 0 Å². The van der Waals surface area contributed by atoms with Crippen molar-refractivity contribution in [3.8, 4) is 0 Å². The molecule has 0 heterocycles. The van der Waals surface area contributed by atoms with Crippen LogP contribution >= 0.6 is 0 Å². The van der Waals surface area contributed by atoms with Crippen molar-refractivity contribution in [3.05, 3.63) is 29.6 Å². The maximum absolute atomic E-state index is 14.2. The molecule has 0 unspecified atom stereocenters. The summed E-state index contributed by atoms with van der Waals surface area (Å²) in [5.74, 6) is -0.289. The molecule has 0 radical (unpaired) electrons. The van der Waals surface area contributed by atoms with Gasteiger partial charge in [-0.3, -0.25) is 0 Å². The van der Waals surface area contributed by atoms with Gasteiger partial charge in [0, 0.05) is 24.8 Å². The lowest BCUT2D eigenvalue weighted by Gasteiger charge is -2.40. The van der Waals surface area contributed by atoms with Crippen molar-refractivity contribution in [2.75, 3.05) is 18.1 Å². The molecule has 106 valence electrons. The molecule has 2 N–H and O–H groups in total. The molecule has 1 atom stereocenters. The van der Waals surface area contributed by atoms with Crippen molar-refractivity contribution in [1.29, 1.82) is 0 Å². The van der Waals surface area contributed by atoms with Crippen molar-refractivity contribution in [3.63, 3.8) is 0 Å². The van der Waals surface area contributed by atoms with E-state index < -0.39 is 6.10 Å². The molecule has 3 nitrogen and oxygen atoms in total. The predicted octanol–water partition coefficient (Wildman–Crippen LogP) is 2.62. The normalized spacial score (nSPS) is 17.1. The van der Waals surface area contributed by atoms with E-state index >= 15 is 0 Å². The third kappa shape index (κ3) is 3.07. The topological polar surface area (TPSA) is 43.7 Å². The lowest BCUT2D eigenvalue weighted by Crippen LogP contribution is -2.42. The van der Waals surface area contributed by atoms with Gasteiger partial charge in [0.2, 0.25) is 0 Å². The van der Waals surface area contributed by atoms with Crippen molar-refractivity contribution in [2.45, 2.75) is 44.8 Å². The summed E-state index contributed by atoms with van der Waals surface area (Å²) in [4.78, 5) is 2.02. The molecule has 0 saturated heterocycles. The van der Waals surface area contributed by atoms with E-state index in [0.29, 0.717) is 30.3 Å². The molecule has 1 saturated carbocycles. The molecule has 0 aliphatic heterocycles. The summed E-state index contributed by atoms with van der Waals surface area (Å²) >= 11 is 0. The van der Waals surface area contributed by atoms with Gasteiger partial charge in [-0.25, -0.2) is 4.39 Å². The third-order valence-electron chi connectivity index (χ3n) is 3.83. The van der Waals surface area contributed by atoms with Crippen molar-refractivity contribution in [1.82, 2.24) is 0 Å². The van der Waals surface area contributed by atoms with E-state index in [2.05, 4.69) is 0 Å². The van der Waals surface area contributed by atoms with Gasteiger partial charge < -0.3 is 15.1 Å². The highest BCUT2D eigenvalue weighted by Crippen LogP contribution is 2.35. The van der Waals surface area contributed by atoms with E-state index in [9.17, 15) is 9.50 Å². The lowest BCUT2D eigenvalue weighted by atomic mass is 9.90. The molecular formula is C15H22FNO2. The number of nitrogens with zero attached hydrogens (tertiary/aromatic N) is 1. The summed E-state index contributed by atoms with van der Waals surface area (Å²) in [6, 6.07) is 5.17. The van der Waals surface area contributed by atoms with Crippen LogP contribution in [0.15, 0.2) is 18.2 Å². The molecule has 1 aromatic carbocycles. The van der Waals surface area contributed by atoms with Crippen LogP contribution in [-0.4, -0.2) is 29.4 Å². The van der Waals surface area contributed by atoms with Crippen LogP contribution in [0.1, 0.15) is 44.3 Å². The SMILES string of the molecule is C[C@H](O)c1cccc(F)c1N(CCCO)C1CCC1. The second kappa shape index (κ2) is 6.35. The number of aliphatic hydroxyl groups excluding tert-OH is 2. The van der Waals surface area contributed by atoms with E-state index in [-0.39, 0.29) is 12.4 Å². The number of anilines is 1. The Bertz CT molecular complexity index is 419. The largest absolute Gasteiger partial charge is 0.396 e. The number of hydrogen-bond donors (Lipinski definition) is 2. The van der Waals surface area contributed by atoms with Gasteiger partial charge in [0.05, 0.1) is 11.8 Å². The van der Waals surface area contributed by atoms with Crippen molar-refractivity contribution in [2.24, 2.45) is 0 Å². The minimum atomic E-state index is -0.692. The number of rotatable bonds is 6. The fraction of sp³-hybridized carbons (Fsp3) is 0.600. The van der Waals surface area contributed by atoms with Gasteiger partial charge in [-0.1, -0.05) is 12.1 Å². The molecule has 0 aromatic heterocycles. The van der Waals surface area contributed by atoms with E-state index in [1.54, 1.807) is 19.1 Å². The van der Waals surface area contributed by atoms with Gasteiger partial charge in [0.15, 0.2) is 0 Å². The summed E-state index contributed by atoms with van der Waals surface area (Å²) < 4.78 is 14.2. The first-order chi connectivity index (χ1) is 9.15. The van der Waals surface area contributed by atoms with Gasteiger partial charge in [-0.05, 0) is 38.7 Å². The molecule has 2 rings (SSSR count). The molecular weight excluding hydrogens is 245 g/mol. The minimum Gasteiger partial charge on any atom is -0.396 e. The fourth-order valence-electron chi connectivity index (χ4n) is 2.59. The predicted molar refractivity (Wildman–Crippen MR) is 73.7 cm³/mol. The van der Waals surface area contributed by atoms with Gasteiger partial charge in [0.1, 0.15) is 5.82 Å².